The van der Waals surface area contributed by atoms with Crippen LogP contribution in [0.25, 0.3) is 0 Å². The average Bonchev–Trinajstić information content (AvgIpc) is 2.39. The second-order valence-corrected chi connectivity index (χ2v) is 5.67. The first kappa shape index (κ1) is 13.5. The summed E-state index contributed by atoms with van der Waals surface area (Å²) in [5.41, 5.74) is 0.989. The molecule has 0 spiro atoms. The largest absolute Gasteiger partial charge is 0.354 e. The molecule has 100 valence electrons. The molecule has 0 fully saturated rings. The molecule has 2 aromatic heterocycles. The first-order chi connectivity index (χ1) is 8.97. The van der Waals surface area contributed by atoms with E-state index in [-0.39, 0.29) is 5.41 Å². The van der Waals surface area contributed by atoms with Gasteiger partial charge in [0.15, 0.2) is 0 Å². The van der Waals surface area contributed by atoms with Crippen molar-refractivity contribution in [2.75, 3.05) is 11.9 Å². The normalized spacial score (nSPS) is 11.4. The van der Waals surface area contributed by atoms with Crippen molar-refractivity contribution in [3.8, 4) is 0 Å². The van der Waals surface area contributed by atoms with Gasteiger partial charge in [0.25, 0.3) is 0 Å². The van der Waals surface area contributed by atoms with Gasteiger partial charge in [-0.3, -0.25) is 4.98 Å². The predicted molar refractivity (Wildman–Crippen MR) is 77.1 cm³/mol. The fraction of sp³-hybridized carbons (Fsp3) is 0.400. The van der Waals surface area contributed by atoms with Gasteiger partial charge in [-0.25, -0.2) is 9.97 Å². The SMILES string of the molecule is CN(Cc1ccccn1)c1ccnc(C(C)(C)C)n1. The van der Waals surface area contributed by atoms with E-state index in [1.165, 1.54) is 0 Å². The van der Waals surface area contributed by atoms with Gasteiger partial charge in [0.1, 0.15) is 11.6 Å². The molecular weight excluding hydrogens is 236 g/mol. The first-order valence-electron chi connectivity index (χ1n) is 6.41. The molecule has 19 heavy (non-hydrogen) atoms. The van der Waals surface area contributed by atoms with Gasteiger partial charge in [0.2, 0.25) is 0 Å². The zero-order valence-corrected chi connectivity index (χ0v) is 12.0. The van der Waals surface area contributed by atoms with Crippen molar-refractivity contribution in [2.24, 2.45) is 0 Å². The first-order valence-corrected chi connectivity index (χ1v) is 6.41. The van der Waals surface area contributed by atoms with Crippen LogP contribution in [0.15, 0.2) is 36.7 Å². The molecule has 0 aliphatic rings. The van der Waals surface area contributed by atoms with Gasteiger partial charge in [0.05, 0.1) is 12.2 Å². The molecule has 2 heterocycles. The molecule has 2 aromatic rings. The van der Waals surface area contributed by atoms with Crippen LogP contribution in [-0.4, -0.2) is 22.0 Å². The van der Waals surface area contributed by atoms with Crippen molar-refractivity contribution >= 4 is 5.82 Å². The maximum atomic E-state index is 4.63. The second-order valence-electron chi connectivity index (χ2n) is 5.67. The molecule has 0 unspecified atom stereocenters. The van der Waals surface area contributed by atoms with Gasteiger partial charge >= 0.3 is 0 Å². The number of pyridine rings is 1. The van der Waals surface area contributed by atoms with Crippen molar-refractivity contribution in [1.29, 1.82) is 0 Å². The highest BCUT2D eigenvalue weighted by molar-refractivity contribution is 5.37. The van der Waals surface area contributed by atoms with Crippen molar-refractivity contribution in [1.82, 2.24) is 15.0 Å². The molecule has 4 heteroatoms. The summed E-state index contributed by atoms with van der Waals surface area (Å²) in [5, 5.41) is 0. The Balaban J connectivity index is 2.18. The van der Waals surface area contributed by atoms with E-state index in [1.807, 2.05) is 43.7 Å². The summed E-state index contributed by atoms with van der Waals surface area (Å²) in [5.74, 6) is 1.78. The molecule has 0 aliphatic heterocycles. The maximum Gasteiger partial charge on any atom is 0.135 e. The standard InChI is InChI=1S/C15H20N4/c1-15(2,3)14-17-10-8-13(18-14)19(4)11-12-7-5-6-9-16-12/h5-10H,11H2,1-4H3. The summed E-state index contributed by atoms with van der Waals surface area (Å²) in [7, 11) is 2.02. The third-order valence-electron chi connectivity index (χ3n) is 2.83. The monoisotopic (exact) mass is 256 g/mol. The summed E-state index contributed by atoms with van der Waals surface area (Å²) < 4.78 is 0. The summed E-state index contributed by atoms with van der Waals surface area (Å²) in [6.45, 7) is 7.09. The lowest BCUT2D eigenvalue weighted by molar-refractivity contribution is 0.544. The number of rotatable bonds is 3. The highest BCUT2D eigenvalue weighted by atomic mass is 15.2. The van der Waals surface area contributed by atoms with Crippen molar-refractivity contribution in [3.05, 3.63) is 48.2 Å². The van der Waals surface area contributed by atoms with E-state index >= 15 is 0 Å². The van der Waals surface area contributed by atoms with Crippen molar-refractivity contribution < 1.29 is 0 Å². The summed E-state index contributed by atoms with van der Waals surface area (Å²) >= 11 is 0. The van der Waals surface area contributed by atoms with Gasteiger partial charge in [-0.1, -0.05) is 26.8 Å². The Morgan fingerprint density at radius 2 is 1.84 bits per heavy atom. The Morgan fingerprint density at radius 3 is 2.47 bits per heavy atom. The lowest BCUT2D eigenvalue weighted by Gasteiger charge is -2.21. The van der Waals surface area contributed by atoms with E-state index < -0.39 is 0 Å². The van der Waals surface area contributed by atoms with Gasteiger partial charge in [-0.2, -0.15) is 0 Å². The quantitative estimate of drug-likeness (QED) is 0.847. The third-order valence-corrected chi connectivity index (χ3v) is 2.83. The van der Waals surface area contributed by atoms with Crippen LogP contribution >= 0.6 is 0 Å². The molecular formula is C15H20N4. The highest BCUT2D eigenvalue weighted by Gasteiger charge is 2.18. The van der Waals surface area contributed by atoms with Gasteiger partial charge in [0, 0.05) is 24.9 Å². The lowest BCUT2D eigenvalue weighted by atomic mass is 9.96. The molecule has 0 atom stereocenters. The van der Waals surface area contributed by atoms with E-state index in [0.29, 0.717) is 0 Å². The van der Waals surface area contributed by atoms with E-state index in [4.69, 9.17) is 0 Å². The van der Waals surface area contributed by atoms with Crippen LogP contribution in [0.1, 0.15) is 32.3 Å². The molecule has 0 amide bonds. The fourth-order valence-electron chi connectivity index (χ4n) is 1.74. The number of nitrogens with zero attached hydrogens (tertiary/aromatic N) is 4. The van der Waals surface area contributed by atoms with Crippen LogP contribution in [0, 0.1) is 0 Å². The lowest BCUT2D eigenvalue weighted by Crippen LogP contribution is -2.22. The minimum atomic E-state index is -0.0398. The van der Waals surface area contributed by atoms with Crippen LogP contribution in [0.3, 0.4) is 0 Å². The molecule has 4 nitrogen and oxygen atoms in total. The Morgan fingerprint density at radius 1 is 1.05 bits per heavy atom. The average molecular weight is 256 g/mol. The minimum absolute atomic E-state index is 0.0398. The number of anilines is 1. The summed E-state index contributed by atoms with van der Waals surface area (Å²) in [4.78, 5) is 15.4. The zero-order chi connectivity index (χ0) is 13.9. The van der Waals surface area contributed by atoms with Gasteiger partial charge < -0.3 is 4.90 Å². The number of aromatic nitrogens is 3. The van der Waals surface area contributed by atoms with E-state index in [0.717, 1.165) is 23.9 Å². The zero-order valence-electron chi connectivity index (χ0n) is 12.0. The summed E-state index contributed by atoms with van der Waals surface area (Å²) in [6, 6.07) is 7.86. The predicted octanol–water partition coefficient (Wildman–Crippen LogP) is 2.81. The van der Waals surface area contributed by atoms with E-state index in [2.05, 4.69) is 40.6 Å². The Bertz CT molecular complexity index is 531. The minimum Gasteiger partial charge on any atom is -0.354 e. The Kier molecular flexibility index (Phi) is 3.79. The number of hydrogen-bond donors (Lipinski definition) is 0. The van der Waals surface area contributed by atoms with Crippen LogP contribution < -0.4 is 4.90 Å². The highest BCUT2D eigenvalue weighted by Crippen LogP contribution is 2.20. The van der Waals surface area contributed by atoms with E-state index in [9.17, 15) is 0 Å². The Hall–Kier alpha value is -1.97. The van der Waals surface area contributed by atoms with Crippen LogP contribution in [-0.2, 0) is 12.0 Å². The Labute approximate surface area is 114 Å². The summed E-state index contributed by atoms with van der Waals surface area (Å²) in [6.07, 6.45) is 3.63. The molecule has 0 N–H and O–H groups in total. The van der Waals surface area contributed by atoms with E-state index in [1.54, 1.807) is 0 Å². The number of hydrogen-bond acceptors (Lipinski definition) is 4. The molecule has 0 aromatic carbocycles. The topological polar surface area (TPSA) is 41.9 Å². The fourth-order valence-corrected chi connectivity index (χ4v) is 1.74. The second kappa shape index (κ2) is 5.34. The van der Waals surface area contributed by atoms with Crippen LogP contribution in [0.5, 0.6) is 0 Å². The van der Waals surface area contributed by atoms with Crippen molar-refractivity contribution in [2.45, 2.75) is 32.7 Å². The van der Waals surface area contributed by atoms with Gasteiger partial charge in [-0.15, -0.1) is 0 Å². The van der Waals surface area contributed by atoms with Crippen LogP contribution in [0.4, 0.5) is 5.82 Å². The molecule has 0 saturated heterocycles. The third kappa shape index (κ3) is 3.50. The molecule has 0 bridgehead atoms. The molecule has 0 radical (unpaired) electrons. The molecule has 2 rings (SSSR count). The smallest absolute Gasteiger partial charge is 0.135 e. The van der Waals surface area contributed by atoms with Crippen molar-refractivity contribution in [3.63, 3.8) is 0 Å². The molecule has 0 aliphatic carbocycles. The van der Waals surface area contributed by atoms with Crippen LogP contribution in [0.2, 0.25) is 0 Å². The molecule has 0 saturated carbocycles. The maximum absolute atomic E-state index is 4.63. The van der Waals surface area contributed by atoms with Gasteiger partial charge in [-0.05, 0) is 18.2 Å².